The molecule has 11 nitrogen and oxygen atoms in total. The van der Waals surface area contributed by atoms with E-state index in [1.54, 1.807) is 16.5 Å². The van der Waals surface area contributed by atoms with Crippen LogP contribution in [0.2, 0.25) is 0 Å². The summed E-state index contributed by atoms with van der Waals surface area (Å²) in [6.07, 6.45) is 7.20. The molecule has 0 spiro atoms. The van der Waals surface area contributed by atoms with Gasteiger partial charge in [0.25, 0.3) is 0 Å². The lowest BCUT2D eigenvalue weighted by Crippen LogP contribution is -2.47. The summed E-state index contributed by atoms with van der Waals surface area (Å²) in [4.78, 5) is 47.1. The number of halogens is 2. The molecule has 1 N–H and O–H groups in total. The van der Waals surface area contributed by atoms with Crippen LogP contribution < -0.4 is 25.0 Å². The second kappa shape index (κ2) is 11.6. The van der Waals surface area contributed by atoms with Crippen molar-refractivity contribution in [3.63, 3.8) is 0 Å². The van der Waals surface area contributed by atoms with Gasteiger partial charge in [-0.2, -0.15) is 9.97 Å². The zero-order valence-electron chi connectivity index (χ0n) is 24.1. The van der Waals surface area contributed by atoms with E-state index in [0.29, 0.717) is 31.2 Å². The second-order valence-electron chi connectivity index (χ2n) is 11.4. The lowest BCUT2D eigenvalue weighted by molar-refractivity contribution is 0.0694. The lowest BCUT2D eigenvalue weighted by atomic mass is 10.1. The normalized spacial score (nSPS) is 17.3. The number of carboxylic acid groups (broad SMARTS) is 1. The molecular formula is C30H32F2N8O3S. The van der Waals surface area contributed by atoms with Crippen molar-refractivity contribution >= 4 is 51.5 Å². The molecule has 3 aromatic heterocycles. The van der Waals surface area contributed by atoms with Gasteiger partial charge in [0.15, 0.2) is 5.82 Å². The quantitative estimate of drug-likeness (QED) is 0.327. The van der Waals surface area contributed by atoms with Crippen LogP contribution in [0.25, 0.3) is 10.9 Å². The Morgan fingerprint density at radius 2 is 1.48 bits per heavy atom. The van der Waals surface area contributed by atoms with Crippen LogP contribution in [-0.4, -0.2) is 83.0 Å². The number of hydrogen-bond acceptors (Lipinski definition) is 10. The summed E-state index contributed by atoms with van der Waals surface area (Å²) < 4.78 is 33.3. The number of nitrogens with zero attached hydrogens (tertiary/aromatic N) is 8. The molecule has 44 heavy (non-hydrogen) atoms. The summed E-state index contributed by atoms with van der Waals surface area (Å²) >= 11 is 1.32. The highest BCUT2D eigenvalue weighted by Gasteiger charge is 2.29. The van der Waals surface area contributed by atoms with Crippen molar-refractivity contribution in [3.8, 4) is 0 Å². The van der Waals surface area contributed by atoms with Gasteiger partial charge in [0.05, 0.1) is 17.4 Å². The number of aromatic nitrogens is 4. The van der Waals surface area contributed by atoms with E-state index < -0.39 is 28.6 Å². The molecule has 0 radical (unpaired) electrons. The Hall–Kier alpha value is -4.33. The Morgan fingerprint density at radius 3 is 2.09 bits per heavy atom. The van der Waals surface area contributed by atoms with Gasteiger partial charge in [0.2, 0.25) is 11.4 Å². The summed E-state index contributed by atoms with van der Waals surface area (Å²) in [6.45, 7) is 5.44. The van der Waals surface area contributed by atoms with E-state index in [2.05, 4.69) is 19.7 Å². The molecule has 230 valence electrons. The van der Waals surface area contributed by atoms with Gasteiger partial charge in [0.1, 0.15) is 33.7 Å². The summed E-state index contributed by atoms with van der Waals surface area (Å²) in [5.41, 5.74) is -1.86. The highest BCUT2D eigenvalue weighted by molar-refractivity contribution is 7.09. The number of benzene rings is 1. The maximum atomic E-state index is 16.3. The number of fused-ring (bicyclic) bond motifs is 1. The topological polar surface area (TPSA) is 111 Å². The van der Waals surface area contributed by atoms with Gasteiger partial charge >= 0.3 is 5.97 Å². The zero-order chi connectivity index (χ0) is 30.4. The fourth-order valence-electron chi connectivity index (χ4n) is 6.42. The van der Waals surface area contributed by atoms with Gasteiger partial charge in [-0.05, 0) is 31.7 Å². The molecule has 6 heterocycles. The van der Waals surface area contributed by atoms with Crippen LogP contribution >= 0.6 is 11.3 Å². The molecule has 1 aromatic carbocycles. The van der Waals surface area contributed by atoms with E-state index >= 15 is 8.78 Å². The molecule has 0 aliphatic carbocycles. The molecule has 4 aromatic rings. The average Bonchev–Trinajstić information content (AvgIpc) is 3.83. The predicted octanol–water partition coefficient (Wildman–Crippen LogP) is 3.80. The summed E-state index contributed by atoms with van der Waals surface area (Å²) in [6, 6.07) is 2.98. The summed E-state index contributed by atoms with van der Waals surface area (Å²) in [5.74, 6) is -0.803. The van der Waals surface area contributed by atoms with E-state index in [1.165, 1.54) is 15.9 Å². The zero-order valence-corrected chi connectivity index (χ0v) is 24.9. The van der Waals surface area contributed by atoms with Gasteiger partial charge in [-0.15, -0.1) is 11.3 Å². The van der Waals surface area contributed by atoms with Gasteiger partial charge in [-0.25, -0.2) is 18.6 Å². The highest BCUT2D eigenvalue weighted by atomic mass is 32.1. The standard InChI is InChI=1S/C30H32F2N8O3S/c31-21-15-19-26(40(18-24-33-5-14-44-24)17-20(28(19)41)29(42)43)25(32)27(21)38-12-10-37(11-13-38)23-16-22(36-6-1-2-7-36)34-30(35-23)39-8-3-4-9-39/h5,14-17H,1-4,6-13,18H2,(H,42,43). The van der Waals surface area contributed by atoms with Crippen molar-refractivity contribution in [3.05, 3.63) is 62.3 Å². The third-order valence-electron chi connectivity index (χ3n) is 8.68. The molecule has 0 amide bonds. The van der Waals surface area contributed by atoms with Gasteiger partial charge in [0, 0.05) is 76.2 Å². The van der Waals surface area contributed by atoms with Gasteiger partial charge in [-0.1, -0.05) is 0 Å². The number of thiazole rings is 1. The molecule has 14 heteroatoms. The molecule has 0 atom stereocenters. The fourth-order valence-corrected chi connectivity index (χ4v) is 7.03. The SMILES string of the molecule is O=C(O)c1cn(Cc2nccs2)c2c(F)c(N3CCN(c4cc(N5CCCC5)nc(N5CCCC5)n4)CC3)c(F)cc2c1=O. The first-order valence-corrected chi connectivity index (χ1v) is 15.8. The Labute approximate surface area is 256 Å². The van der Waals surface area contributed by atoms with Crippen molar-refractivity contribution < 1.29 is 18.7 Å². The Balaban J connectivity index is 1.20. The first kappa shape index (κ1) is 28.4. The van der Waals surface area contributed by atoms with Crippen LogP contribution in [0, 0.1) is 11.6 Å². The molecule has 7 rings (SSSR count). The number of aromatic carboxylic acids is 1. The molecule has 0 bridgehead atoms. The molecule has 3 aliphatic rings. The number of carbonyl (C=O) groups is 1. The lowest BCUT2D eigenvalue weighted by Gasteiger charge is -2.37. The van der Waals surface area contributed by atoms with Crippen molar-refractivity contribution in [2.75, 3.05) is 72.0 Å². The number of pyridine rings is 1. The van der Waals surface area contributed by atoms with Crippen molar-refractivity contribution in [1.82, 2.24) is 19.5 Å². The molecular weight excluding hydrogens is 590 g/mol. The van der Waals surface area contributed by atoms with E-state index in [1.807, 2.05) is 6.07 Å². The number of rotatable bonds is 7. The number of anilines is 4. The van der Waals surface area contributed by atoms with Crippen molar-refractivity contribution in [2.24, 2.45) is 0 Å². The second-order valence-corrected chi connectivity index (χ2v) is 12.4. The maximum absolute atomic E-state index is 16.3. The van der Waals surface area contributed by atoms with Crippen LogP contribution in [0.3, 0.4) is 0 Å². The predicted molar refractivity (Wildman–Crippen MR) is 166 cm³/mol. The number of hydrogen-bond donors (Lipinski definition) is 1. The Bertz CT molecular complexity index is 1730. The van der Waals surface area contributed by atoms with Gasteiger partial charge in [-0.3, -0.25) is 4.79 Å². The molecule has 0 saturated carbocycles. The largest absolute Gasteiger partial charge is 0.477 e. The highest BCUT2D eigenvalue weighted by Crippen LogP contribution is 2.33. The molecule has 3 fully saturated rings. The molecule has 3 aliphatic heterocycles. The number of carboxylic acids is 1. The van der Waals surface area contributed by atoms with Crippen LogP contribution in [0.1, 0.15) is 41.0 Å². The van der Waals surface area contributed by atoms with E-state index in [-0.39, 0.29) is 23.1 Å². The first-order chi connectivity index (χ1) is 21.4. The van der Waals surface area contributed by atoms with E-state index in [4.69, 9.17) is 9.97 Å². The number of piperazine rings is 1. The average molecular weight is 623 g/mol. The van der Waals surface area contributed by atoms with Crippen LogP contribution in [-0.2, 0) is 6.54 Å². The molecule has 3 saturated heterocycles. The van der Waals surface area contributed by atoms with Gasteiger partial charge < -0.3 is 29.3 Å². The fraction of sp³-hybridized carbons (Fsp3) is 0.433. The smallest absolute Gasteiger partial charge is 0.341 e. The first-order valence-electron chi connectivity index (χ1n) is 14.9. The molecule has 0 unspecified atom stereocenters. The minimum absolute atomic E-state index is 0.0386. The summed E-state index contributed by atoms with van der Waals surface area (Å²) in [7, 11) is 0. The minimum atomic E-state index is -1.46. The third-order valence-corrected chi connectivity index (χ3v) is 9.44. The van der Waals surface area contributed by atoms with Crippen molar-refractivity contribution in [1.29, 1.82) is 0 Å². The third kappa shape index (κ3) is 5.20. The summed E-state index contributed by atoms with van der Waals surface area (Å²) in [5, 5.41) is 11.6. The Kier molecular flexibility index (Phi) is 7.52. The van der Waals surface area contributed by atoms with Crippen molar-refractivity contribution in [2.45, 2.75) is 32.2 Å². The van der Waals surface area contributed by atoms with Crippen LogP contribution in [0.4, 0.5) is 32.1 Å². The Morgan fingerprint density at radius 1 is 0.864 bits per heavy atom. The van der Waals surface area contributed by atoms with Crippen LogP contribution in [0.5, 0.6) is 0 Å². The minimum Gasteiger partial charge on any atom is -0.477 e. The van der Waals surface area contributed by atoms with Crippen LogP contribution in [0.15, 0.2) is 34.7 Å². The maximum Gasteiger partial charge on any atom is 0.341 e. The van der Waals surface area contributed by atoms with E-state index in [9.17, 15) is 14.7 Å². The monoisotopic (exact) mass is 622 g/mol. The van der Waals surface area contributed by atoms with E-state index in [0.717, 1.165) is 81.7 Å².